The molecule has 0 saturated heterocycles. The van der Waals surface area contributed by atoms with E-state index in [1.807, 2.05) is 0 Å². The molecule has 4 fully saturated rings. The number of hydrogen-bond donors (Lipinski definition) is 1. The Labute approximate surface area is 180 Å². The zero-order valence-corrected chi connectivity index (χ0v) is 18.8. The van der Waals surface area contributed by atoms with Crippen LogP contribution in [0.2, 0.25) is 0 Å². The van der Waals surface area contributed by atoms with E-state index in [9.17, 15) is 14.4 Å². The lowest BCUT2D eigenvalue weighted by Crippen LogP contribution is -2.57. The van der Waals surface area contributed by atoms with E-state index < -0.39 is 0 Å². The fourth-order valence-corrected chi connectivity index (χ4v) is 7.38. The molecule has 2 N–H and O–H groups in total. The Morgan fingerprint density at radius 1 is 1.17 bits per heavy atom. The highest BCUT2D eigenvalue weighted by Crippen LogP contribution is 2.64. The van der Waals surface area contributed by atoms with Crippen molar-refractivity contribution in [1.29, 1.82) is 0 Å². The van der Waals surface area contributed by atoms with E-state index in [1.54, 1.807) is 6.92 Å². The molecule has 8 atom stereocenters. The lowest BCUT2D eigenvalue weighted by molar-refractivity contribution is -0.170. The molecule has 0 aromatic rings. The summed E-state index contributed by atoms with van der Waals surface area (Å²) >= 11 is 0. The first-order chi connectivity index (χ1) is 13.1. The summed E-state index contributed by atoms with van der Waals surface area (Å²) in [7, 11) is 0. The van der Waals surface area contributed by atoms with Gasteiger partial charge in [0.1, 0.15) is 17.7 Å². The van der Waals surface area contributed by atoms with Crippen LogP contribution in [0.1, 0.15) is 78.6 Å². The van der Waals surface area contributed by atoms with Gasteiger partial charge in [-0.2, -0.15) is 0 Å². The molecule has 4 saturated carbocycles. The van der Waals surface area contributed by atoms with Crippen LogP contribution in [-0.2, 0) is 19.1 Å². The van der Waals surface area contributed by atoms with E-state index >= 15 is 0 Å². The molecule has 6 heteroatoms. The summed E-state index contributed by atoms with van der Waals surface area (Å²) in [6, 6.07) is -0.205. The lowest BCUT2D eigenvalue weighted by atomic mass is 9.45. The molecule has 5 nitrogen and oxygen atoms in total. The summed E-state index contributed by atoms with van der Waals surface area (Å²) in [6.45, 7) is 6.25. The van der Waals surface area contributed by atoms with Crippen LogP contribution in [0.4, 0.5) is 0 Å². The van der Waals surface area contributed by atoms with Crippen LogP contribution < -0.4 is 5.73 Å². The SMILES string of the molecule is CC(N)CC(=O)O[C@H]1CC[C@@]2(C)C(C1)C(=O)C[C@@H]1[C@@H]2CC[C@]2(C)C(=O)CC[C@@H]12.Cl. The van der Waals surface area contributed by atoms with Gasteiger partial charge < -0.3 is 10.5 Å². The van der Waals surface area contributed by atoms with Crippen molar-refractivity contribution >= 4 is 29.9 Å². The fourth-order valence-electron chi connectivity index (χ4n) is 7.38. The van der Waals surface area contributed by atoms with Crippen molar-refractivity contribution in [2.75, 3.05) is 0 Å². The molecule has 0 aliphatic heterocycles. The number of carbonyl (C=O) groups is 3. The molecule has 0 heterocycles. The van der Waals surface area contributed by atoms with Gasteiger partial charge in [-0.3, -0.25) is 14.4 Å². The minimum absolute atomic E-state index is 0. The molecular formula is C23H36ClNO4. The van der Waals surface area contributed by atoms with Gasteiger partial charge in [0.15, 0.2) is 0 Å². The number of ether oxygens (including phenoxy) is 1. The molecule has 4 rings (SSSR count). The average molecular weight is 426 g/mol. The topological polar surface area (TPSA) is 86.5 Å². The second-order valence-corrected chi connectivity index (χ2v) is 10.6. The second-order valence-electron chi connectivity index (χ2n) is 10.6. The molecule has 0 aromatic heterocycles. The lowest BCUT2D eigenvalue weighted by Gasteiger charge is -2.59. The minimum atomic E-state index is -0.248. The molecule has 4 aliphatic carbocycles. The second kappa shape index (κ2) is 7.96. The highest BCUT2D eigenvalue weighted by Gasteiger charge is 2.62. The summed E-state index contributed by atoms with van der Waals surface area (Å²) < 4.78 is 5.66. The van der Waals surface area contributed by atoms with Crippen molar-refractivity contribution < 1.29 is 19.1 Å². The maximum Gasteiger partial charge on any atom is 0.307 e. The largest absolute Gasteiger partial charge is 0.462 e. The Morgan fingerprint density at radius 2 is 1.90 bits per heavy atom. The number of carbonyl (C=O) groups excluding carboxylic acids is 3. The number of nitrogens with two attached hydrogens (primary N) is 1. The van der Waals surface area contributed by atoms with Gasteiger partial charge in [-0.15, -0.1) is 12.4 Å². The summed E-state index contributed by atoms with van der Waals surface area (Å²) in [6.07, 6.45) is 6.77. The van der Waals surface area contributed by atoms with E-state index in [4.69, 9.17) is 10.5 Å². The summed E-state index contributed by atoms with van der Waals surface area (Å²) in [4.78, 5) is 37.8. The first-order valence-corrected chi connectivity index (χ1v) is 11.2. The minimum Gasteiger partial charge on any atom is -0.462 e. The first kappa shape index (κ1) is 22.7. The van der Waals surface area contributed by atoms with Gasteiger partial charge in [-0.25, -0.2) is 0 Å². The highest BCUT2D eigenvalue weighted by atomic mass is 35.5. The van der Waals surface area contributed by atoms with Gasteiger partial charge in [0.2, 0.25) is 0 Å². The molecule has 0 bridgehead atoms. The van der Waals surface area contributed by atoms with E-state index in [0.29, 0.717) is 48.6 Å². The summed E-state index contributed by atoms with van der Waals surface area (Å²) in [5.41, 5.74) is 5.49. The van der Waals surface area contributed by atoms with Crippen LogP contribution in [0.3, 0.4) is 0 Å². The molecule has 0 aromatic carbocycles. The highest BCUT2D eigenvalue weighted by molar-refractivity contribution is 5.88. The van der Waals surface area contributed by atoms with E-state index in [2.05, 4.69) is 13.8 Å². The zero-order chi connectivity index (χ0) is 20.3. The van der Waals surface area contributed by atoms with Crippen LogP contribution in [0.15, 0.2) is 0 Å². The van der Waals surface area contributed by atoms with E-state index in [-0.39, 0.29) is 53.7 Å². The maximum absolute atomic E-state index is 13.2. The normalized spacial score (nSPS) is 44.8. The first-order valence-electron chi connectivity index (χ1n) is 11.2. The Morgan fingerprint density at radius 3 is 2.59 bits per heavy atom. The molecule has 0 spiro atoms. The number of hydrogen-bond acceptors (Lipinski definition) is 5. The zero-order valence-electron chi connectivity index (χ0n) is 17.9. The average Bonchev–Trinajstić information content (AvgIpc) is 2.91. The molecule has 29 heavy (non-hydrogen) atoms. The summed E-state index contributed by atoms with van der Waals surface area (Å²) in [5, 5.41) is 0. The number of halogens is 1. The number of rotatable bonds is 3. The number of esters is 1. The van der Waals surface area contributed by atoms with Crippen molar-refractivity contribution in [3.8, 4) is 0 Å². The predicted octanol–water partition coefficient (Wildman–Crippen LogP) is 3.85. The standard InChI is InChI=1S/C23H35NO4.ClH/c1-13(24)10-21(27)28-14-6-8-22(2)17-7-9-23(3)16(4-5-20(23)26)15(17)12-19(25)18(22)11-14;/h13-18H,4-12,24H2,1-3H3;1H/t13?,14-,15-,16-,17-,18?,22+,23-;/m0./s1. The third-order valence-corrected chi connectivity index (χ3v) is 8.91. The van der Waals surface area contributed by atoms with Gasteiger partial charge in [0, 0.05) is 30.2 Å². The van der Waals surface area contributed by atoms with Crippen molar-refractivity contribution in [1.82, 2.24) is 0 Å². The fraction of sp³-hybridized carbons (Fsp3) is 0.870. The third-order valence-electron chi connectivity index (χ3n) is 8.91. The Balaban J connectivity index is 0.00000240. The van der Waals surface area contributed by atoms with Crippen LogP contribution in [0, 0.1) is 34.5 Å². The molecule has 0 amide bonds. The number of fused-ring (bicyclic) bond motifs is 5. The van der Waals surface area contributed by atoms with Crippen molar-refractivity contribution in [2.45, 2.75) is 90.7 Å². The van der Waals surface area contributed by atoms with Crippen molar-refractivity contribution in [2.24, 2.45) is 40.2 Å². The Kier molecular flexibility index (Phi) is 6.24. The molecule has 0 radical (unpaired) electrons. The van der Waals surface area contributed by atoms with E-state index in [0.717, 1.165) is 32.1 Å². The molecule has 2 unspecified atom stereocenters. The van der Waals surface area contributed by atoms with Gasteiger partial charge in [-0.05, 0) is 68.6 Å². The Bertz CT molecular complexity index is 694. The molecular weight excluding hydrogens is 390 g/mol. The smallest absolute Gasteiger partial charge is 0.307 e. The molecule has 4 aliphatic rings. The monoisotopic (exact) mass is 425 g/mol. The van der Waals surface area contributed by atoms with Gasteiger partial charge in [0.25, 0.3) is 0 Å². The quantitative estimate of drug-likeness (QED) is 0.694. The van der Waals surface area contributed by atoms with Gasteiger partial charge >= 0.3 is 5.97 Å². The van der Waals surface area contributed by atoms with Crippen LogP contribution in [-0.4, -0.2) is 29.7 Å². The Hall–Kier alpha value is -0.940. The maximum atomic E-state index is 13.2. The summed E-state index contributed by atoms with van der Waals surface area (Å²) in [5.74, 6) is 1.73. The van der Waals surface area contributed by atoms with Crippen molar-refractivity contribution in [3.05, 3.63) is 0 Å². The van der Waals surface area contributed by atoms with E-state index in [1.165, 1.54) is 0 Å². The third kappa shape index (κ3) is 3.67. The van der Waals surface area contributed by atoms with Gasteiger partial charge in [-0.1, -0.05) is 13.8 Å². The van der Waals surface area contributed by atoms with Crippen LogP contribution in [0.5, 0.6) is 0 Å². The van der Waals surface area contributed by atoms with Crippen LogP contribution >= 0.6 is 12.4 Å². The van der Waals surface area contributed by atoms with Crippen LogP contribution in [0.25, 0.3) is 0 Å². The number of Topliss-reactive ketones (excluding diaryl/α,β-unsaturated/α-hetero) is 2. The van der Waals surface area contributed by atoms with Crippen molar-refractivity contribution in [3.63, 3.8) is 0 Å². The molecule has 164 valence electrons. The number of ketones is 2. The predicted molar refractivity (Wildman–Crippen MR) is 113 cm³/mol. The van der Waals surface area contributed by atoms with Gasteiger partial charge in [0.05, 0.1) is 6.42 Å².